The van der Waals surface area contributed by atoms with Crippen molar-refractivity contribution < 1.29 is 19.7 Å². The molecule has 0 spiro atoms. The molecule has 0 saturated carbocycles. The van der Waals surface area contributed by atoms with E-state index >= 15 is 0 Å². The van der Waals surface area contributed by atoms with Crippen molar-refractivity contribution in [2.45, 2.75) is 0 Å². The first-order valence-electron chi connectivity index (χ1n) is 3.29. The molecular formula is C6H20N2O4. The molecular weight excluding hydrogens is 164 g/mol. The molecule has 0 aliphatic carbocycles. The van der Waals surface area contributed by atoms with E-state index in [1.54, 1.807) is 0 Å². The van der Waals surface area contributed by atoms with Crippen molar-refractivity contribution in [2.24, 2.45) is 0 Å². The molecule has 0 aliphatic rings. The van der Waals surface area contributed by atoms with Gasteiger partial charge in [0.1, 0.15) is 0 Å². The van der Waals surface area contributed by atoms with Crippen LogP contribution >= 0.6 is 0 Å². The van der Waals surface area contributed by atoms with Gasteiger partial charge in [-0.15, -0.1) is 0 Å². The number of rotatable bonds is 7. The van der Waals surface area contributed by atoms with Crippen molar-refractivity contribution in [3.63, 3.8) is 0 Å². The summed E-state index contributed by atoms with van der Waals surface area (Å²) < 4.78 is 9.75. The Morgan fingerprint density at radius 2 is 1.00 bits per heavy atom. The van der Waals surface area contributed by atoms with Crippen LogP contribution in [0, 0.1) is 0 Å². The van der Waals surface area contributed by atoms with Gasteiger partial charge in [-0.2, -0.15) is 0 Å². The first kappa shape index (κ1) is 17.7. The fourth-order valence-electron chi connectivity index (χ4n) is 0.451. The average molecular weight is 184 g/mol. The van der Waals surface area contributed by atoms with Crippen LogP contribution in [0.25, 0.3) is 0 Å². The first-order valence-corrected chi connectivity index (χ1v) is 3.29. The second kappa shape index (κ2) is 17.0. The monoisotopic (exact) mass is 184 g/mol. The van der Waals surface area contributed by atoms with Gasteiger partial charge < -0.3 is 32.0 Å². The van der Waals surface area contributed by atoms with Crippen LogP contribution in [0.1, 0.15) is 0 Å². The second-order valence-electron chi connectivity index (χ2n) is 1.67. The van der Waals surface area contributed by atoms with Crippen molar-refractivity contribution in [1.82, 2.24) is 12.3 Å². The van der Waals surface area contributed by atoms with E-state index in [9.17, 15) is 0 Å². The van der Waals surface area contributed by atoms with E-state index in [4.69, 9.17) is 19.7 Å². The molecule has 12 heavy (non-hydrogen) atoms. The Balaban J connectivity index is -0.000000405. The molecule has 0 aliphatic heterocycles. The van der Waals surface area contributed by atoms with E-state index in [1.165, 1.54) is 0 Å². The Morgan fingerprint density at radius 1 is 0.667 bits per heavy atom. The molecule has 8 N–H and O–H groups in total. The first-order chi connectivity index (χ1) is 4.91. The zero-order chi connectivity index (χ0) is 7.66. The molecule has 0 heterocycles. The lowest BCUT2D eigenvalue weighted by Gasteiger charge is -2.01. The number of ether oxygens (including phenoxy) is 2. The topological polar surface area (TPSA) is 129 Å². The van der Waals surface area contributed by atoms with Crippen molar-refractivity contribution in [1.29, 1.82) is 0 Å². The van der Waals surface area contributed by atoms with Crippen molar-refractivity contribution in [2.75, 3.05) is 39.6 Å². The van der Waals surface area contributed by atoms with E-state index in [-0.39, 0.29) is 25.5 Å². The molecule has 6 heteroatoms. The highest BCUT2D eigenvalue weighted by Gasteiger charge is 1.86. The lowest BCUT2D eigenvalue weighted by molar-refractivity contribution is 0.0222. The van der Waals surface area contributed by atoms with Crippen molar-refractivity contribution >= 4 is 0 Å². The largest absolute Gasteiger partial charge is 0.394 e. The summed E-state index contributed by atoms with van der Waals surface area (Å²) in [4.78, 5) is 0. The van der Waals surface area contributed by atoms with Gasteiger partial charge in [-0.1, -0.05) is 0 Å². The highest BCUT2D eigenvalue weighted by molar-refractivity contribution is 4.30. The smallest absolute Gasteiger partial charge is 0.0701 e. The molecule has 0 radical (unpaired) electrons. The van der Waals surface area contributed by atoms with E-state index in [0.717, 1.165) is 0 Å². The lowest BCUT2D eigenvalue weighted by Crippen LogP contribution is -2.09. The molecule has 0 saturated heterocycles. The summed E-state index contributed by atoms with van der Waals surface area (Å²) in [5, 5.41) is 16.5. The molecule has 0 aromatic carbocycles. The molecule has 0 bridgehead atoms. The van der Waals surface area contributed by atoms with Gasteiger partial charge in [-0.05, 0) is 0 Å². The summed E-state index contributed by atoms with van der Waals surface area (Å²) in [5.41, 5.74) is 0. The zero-order valence-corrected chi connectivity index (χ0v) is 7.37. The van der Waals surface area contributed by atoms with Crippen LogP contribution in [0.5, 0.6) is 0 Å². The van der Waals surface area contributed by atoms with Crippen LogP contribution in [0.3, 0.4) is 0 Å². The number of aliphatic hydroxyl groups is 2. The Bertz CT molecular complexity index is 57.5. The third-order valence-electron chi connectivity index (χ3n) is 0.843. The Labute approximate surface area is 72.7 Å². The summed E-state index contributed by atoms with van der Waals surface area (Å²) in [7, 11) is 0. The highest BCUT2D eigenvalue weighted by Crippen LogP contribution is 1.76. The maximum absolute atomic E-state index is 8.26. The quantitative estimate of drug-likeness (QED) is 0.388. The van der Waals surface area contributed by atoms with Crippen LogP contribution in [-0.4, -0.2) is 49.9 Å². The predicted octanol–water partition coefficient (Wildman–Crippen LogP) is -0.672. The van der Waals surface area contributed by atoms with Crippen LogP contribution in [-0.2, 0) is 9.47 Å². The number of aliphatic hydroxyl groups excluding tert-OH is 2. The van der Waals surface area contributed by atoms with Crippen LogP contribution < -0.4 is 12.3 Å². The van der Waals surface area contributed by atoms with Gasteiger partial charge in [0.15, 0.2) is 0 Å². The normalized spacial score (nSPS) is 8.50. The molecule has 0 aromatic rings. The molecule has 78 valence electrons. The summed E-state index contributed by atoms with van der Waals surface area (Å²) in [6.07, 6.45) is 0. The van der Waals surface area contributed by atoms with Crippen molar-refractivity contribution in [3.05, 3.63) is 0 Å². The van der Waals surface area contributed by atoms with Crippen LogP contribution in [0.15, 0.2) is 0 Å². The Morgan fingerprint density at radius 3 is 1.25 bits per heavy atom. The van der Waals surface area contributed by atoms with Crippen LogP contribution in [0.4, 0.5) is 0 Å². The Hall–Kier alpha value is -0.240. The number of hydrogen-bond donors (Lipinski definition) is 4. The van der Waals surface area contributed by atoms with Crippen LogP contribution in [0.2, 0.25) is 0 Å². The Kier molecular flexibility index (Phi) is 25.2. The van der Waals surface area contributed by atoms with Gasteiger partial charge in [0.2, 0.25) is 0 Å². The van der Waals surface area contributed by atoms with Crippen molar-refractivity contribution in [3.8, 4) is 0 Å². The predicted molar refractivity (Wildman–Crippen MR) is 45.9 cm³/mol. The minimum absolute atomic E-state index is 0. The van der Waals surface area contributed by atoms with E-state index < -0.39 is 0 Å². The molecule has 0 amide bonds. The third kappa shape index (κ3) is 16.4. The highest BCUT2D eigenvalue weighted by atomic mass is 16.5. The molecule has 0 rings (SSSR count). The second-order valence-corrected chi connectivity index (χ2v) is 1.67. The van der Waals surface area contributed by atoms with Gasteiger partial charge in [-0.3, -0.25) is 0 Å². The molecule has 0 fully saturated rings. The average Bonchev–Trinajstić information content (AvgIpc) is 1.97. The summed E-state index contributed by atoms with van der Waals surface area (Å²) in [6, 6.07) is 0. The summed E-state index contributed by atoms with van der Waals surface area (Å²) in [5.74, 6) is 0. The third-order valence-corrected chi connectivity index (χ3v) is 0.843. The fourth-order valence-corrected chi connectivity index (χ4v) is 0.451. The maximum atomic E-state index is 8.26. The van der Waals surface area contributed by atoms with E-state index in [1.807, 2.05) is 0 Å². The minimum atomic E-state index is 0. The van der Waals surface area contributed by atoms with Gasteiger partial charge in [0.25, 0.3) is 0 Å². The molecule has 0 atom stereocenters. The SMILES string of the molecule is N.N.OCCOCCOCCO. The van der Waals surface area contributed by atoms with E-state index in [0.29, 0.717) is 26.4 Å². The summed E-state index contributed by atoms with van der Waals surface area (Å²) >= 11 is 0. The van der Waals surface area contributed by atoms with Gasteiger partial charge in [-0.25, -0.2) is 0 Å². The summed E-state index contributed by atoms with van der Waals surface area (Å²) in [6.45, 7) is 1.73. The standard InChI is InChI=1S/C6H14O4.2H3N/c7-1-3-9-5-6-10-4-2-8;;/h7-8H,1-6H2;2*1H3. The van der Waals surface area contributed by atoms with Gasteiger partial charge in [0.05, 0.1) is 39.6 Å². The molecule has 0 aromatic heterocycles. The minimum Gasteiger partial charge on any atom is -0.394 e. The fraction of sp³-hybridized carbons (Fsp3) is 1.00. The zero-order valence-electron chi connectivity index (χ0n) is 7.37. The lowest BCUT2D eigenvalue weighted by atomic mass is 10.7. The number of hydrogen-bond acceptors (Lipinski definition) is 6. The molecule has 6 nitrogen and oxygen atoms in total. The van der Waals surface area contributed by atoms with E-state index in [2.05, 4.69) is 0 Å². The maximum Gasteiger partial charge on any atom is 0.0701 e. The van der Waals surface area contributed by atoms with Gasteiger partial charge in [0, 0.05) is 0 Å². The van der Waals surface area contributed by atoms with Gasteiger partial charge >= 0.3 is 0 Å². The molecule has 0 unspecified atom stereocenters.